The zero-order valence-corrected chi connectivity index (χ0v) is 35.2. The summed E-state index contributed by atoms with van der Waals surface area (Å²) in [6.07, 6.45) is 0. The molecular formula is C59H40N2S. The summed E-state index contributed by atoms with van der Waals surface area (Å²) in [6, 6.07) is 74.8. The molecular weight excluding hydrogens is 769 g/mol. The van der Waals surface area contributed by atoms with Crippen molar-refractivity contribution in [2.45, 2.75) is 19.3 Å². The number of nitrogens with zero attached hydrogens (tertiary/aromatic N) is 2. The number of thiophene rings is 1. The van der Waals surface area contributed by atoms with E-state index in [0.29, 0.717) is 5.82 Å². The third kappa shape index (κ3) is 6.00. The molecule has 2 heterocycles. The molecule has 2 aromatic heterocycles. The van der Waals surface area contributed by atoms with Crippen LogP contribution in [0.15, 0.2) is 206 Å². The van der Waals surface area contributed by atoms with E-state index in [4.69, 9.17) is 9.97 Å². The van der Waals surface area contributed by atoms with Gasteiger partial charge in [0.2, 0.25) is 0 Å². The minimum atomic E-state index is -0.138. The van der Waals surface area contributed by atoms with E-state index in [2.05, 4.69) is 214 Å². The standard InChI is InChI=1S/C59H40N2S/c1-59(2)52-35-41(28-29-48(52)50-30-27-38-17-9-10-22-46(38)56(50)59)40-20-13-21-42(31-40)53-36-54(61-58(60-53)39-18-7-4-8-19-39)45-33-43(37-15-5-3-6-16-37)32-44(34-45)47-24-14-25-51-49-23-11-12-26-55(49)62-57(47)51/h3-36H,1-2H3. The fourth-order valence-electron chi connectivity index (χ4n) is 9.80. The minimum Gasteiger partial charge on any atom is -0.228 e. The Kier molecular flexibility index (Phi) is 8.41. The Morgan fingerprint density at radius 3 is 1.81 bits per heavy atom. The van der Waals surface area contributed by atoms with Gasteiger partial charge in [-0.2, -0.15) is 0 Å². The van der Waals surface area contributed by atoms with Crippen LogP contribution >= 0.6 is 11.3 Å². The summed E-state index contributed by atoms with van der Waals surface area (Å²) >= 11 is 1.86. The van der Waals surface area contributed by atoms with Gasteiger partial charge in [-0.25, -0.2) is 9.97 Å². The number of rotatable bonds is 6. The van der Waals surface area contributed by atoms with Crippen molar-refractivity contribution in [1.82, 2.24) is 9.97 Å². The van der Waals surface area contributed by atoms with Gasteiger partial charge in [-0.1, -0.05) is 178 Å². The summed E-state index contributed by atoms with van der Waals surface area (Å²) in [7, 11) is 0. The van der Waals surface area contributed by atoms with E-state index in [-0.39, 0.29) is 5.41 Å². The molecule has 0 aliphatic heterocycles. The van der Waals surface area contributed by atoms with E-state index >= 15 is 0 Å². The summed E-state index contributed by atoms with van der Waals surface area (Å²) in [5.74, 6) is 0.700. The molecule has 9 aromatic carbocycles. The molecule has 0 atom stereocenters. The lowest BCUT2D eigenvalue weighted by molar-refractivity contribution is 0.666. The molecule has 1 aliphatic carbocycles. The quantitative estimate of drug-likeness (QED) is 0.167. The highest BCUT2D eigenvalue weighted by Gasteiger charge is 2.37. The number of benzene rings is 9. The molecule has 0 fully saturated rings. The van der Waals surface area contributed by atoms with Crippen LogP contribution in [0.25, 0.3) is 109 Å². The van der Waals surface area contributed by atoms with E-state index in [1.807, 2.05) is 17.4 Å². The van der Waals surface area contributed by atoms with Crippen molar-refractivity contribution < 1.29 is 0 Å². The first kappa shape index (κ1) is 36.4. The molecule has 12 rings (SSSR count). The molecule has 0 spiro atoms. The van der Waals surface area contributed by atoms with Gasteiger partial charge >= 0.3 is 0 Å². The first-order valence-corrected chi connectivity index (χ1v) is 22.1. The maximum atomic E-state index is 5.33. The van der Waals surface area contributed by atoms with Crippen molar-refractivity contribution in [3.63, 3.8) is 0 Å². The monoisotopic (exact) mass is 808 g/mol. The van der Waals surface area contributed by atoms with Crippen molar-refractivity contribution in [3.05, 3.63) is 217 Å². The van der Waals surface area contributed by atoms with Gasteiger partial charge in [0.15, 0.2) is 5.82 Å². The van der Waals surface area contributed by atoms with Crippen LogP contribution in [-0.4, -0.2) is 9.97 Å². The molecule has 0 N–H and O–H groups in total. The first-order valence-electron chi connectivity index (χ1n) is 21.3. The van der Waals surface area contributed by atoms with Crippen molar-refractivity contribution in [2.75, 3.05) is 0 Å². The average molecular weight is 809 g/mol. The molecule has 0 unspecified atom stereocenters. The van der Waals surface area contributed by atoms with Crippen LogP contribution in [0.4, 0.5) is 0 Å². The van der Waals surface area contributed by atoms with E-state index in [9.17, 15) is 0 Å². The third-order valence-electron chi connectivity index (χ3n) is 12.8. The zero-order chi connectivity index (χ0) is 41.4. The normalized spacial score (nSPS) is 12.8. The second-order valence-electron chi connectivity index (χ2n) is 16.9. The van der Waals surface area contributed by atoms with Gasteiger partial charge in [0.1, 0.15) is 0 Å². The SMILES string of the molecule is CC1(C)c2cc(-c3cccc(-c4cc(-c5cc(-c6ccccc6)cc(-c6cccc7c6sc6ccccc67)c5)nc(-c5ccccc5)n4)c3)ccc2-c2ccc3ccccc3c21. The smallest absolute Gasteiger partial charge is 0.160 e. The van der Waals surface area contributed by atoms with Gasteiger partial charge in [0, 0.05) is 42.3 Å². The maximum Gasteiger partial charge on any atom is 0.160 e. The Balaban J connectivity index is 1.01. The second-order valence-corrected chi connectivity index (χ2v) is 18.0. The van der Waals surface area contributed by atoms with Crippen molar-refractivity contribution >= 4 is 42.3 Å². The highest BCUT2D eigenvalue weighted by Crippen LogP contribution is 2.52. The van der Waals surface area contributed by atoms with Gasteiger partial charge in [0.05, 0.1) is 11.4 Å². The average Bonchev–Trinajstić information content (AvgIpc) is 3.83. The van der Waals surface area contributed by atoms with Gasteiger partial charge in [-0.3, -0.25) is 0 Å². The molecule has 0 radical (unpaired) electrons. The van der Waals surface area contributed by atoms with Crippen molar-refractivity contribution in [3.8, 4) is 78.4 Å². The number of fused-ring (bicyclic) bond motifs is 8. The summed E-state index contributed by atoms with van der Waals surface area (Å²) in [4.78, 5) is 10.6. The molecule has 0 amide bonds. The lowest BCUT2D eigenvalue weighted by Gasteiger charge is -2.23. The highest BCUT2D eigenvalue weighted by atomic mass is 32.1. The first-order chi connectivity index (χ1) is 30.5. The summed E-state index contributed by atoms with van der Waals surface area (Å²) in [5.41, 5.74) is 17.2. The summed E-state index contributed by atoms with van der Waals surface area (Å²) in [6.45, 7) is 4.75. The predicted octanol–water partition coefficient (Wildman–Crippen LogP) is 16.3. The Morgan fingerprint density at radius 1 is 0.371 bits per heavy atom. The maximum absolute atomic E-state index is 5.33. The fourth-order valence-corrected chi connectivity index (χ4v) is 11.0. The van der Waals surface area contributed by atoms with Gasteiger partial charge in [-0.15, -0.1) is 11.3 Å². The Hall–Kier alpha value is -7.46. The van der Waals surface area contributed by atoms with E-state index in [0.717, 1.165) is 50.3 Å². The van der Waals surface area contributed by atoms with Crippen molar-refractivity contribution in [1.29, 1.82) is 0 Å². The lowest BCUT2D eigenvalue weighted by Crippen LogP contribution is -2.15. The van der Waals surface area contributed by atoms with Crippen LogP contribution in [0, 0.1) is 0 Å². The minimum absolute atomic E-state index is 0.138. The van der Waals surface area contributed by atoms with Crippen molar-refractivity contribution in [2.24, 2.45) is 0 Å². The van der Waals surface area contributed by atoms with Crippen LogP contribution in [0.3, 0.4) is 0 Å². The number of hydrogen-bond acceptors (Lipinski definition) is 3. The zero-order valence-electron chi connectivity index (χ0n) is 34.4. The molecule has 292 valence electrons. The summed E-state index contributed by atoms with van der Waals surface area (Å²) in [5, 5.41) is 5.21. The fraction of sp³-hybridized carbons (Fsp3) is 0.0508. The predicted molar refractivity (Wildman–Crippen MR) is 263 cm³/mol. The number of aromatic nitrogens is 2. The van der Waals surface area contributed by atoms with Crippen LogP contribution in [0.5, 0.6) is 0 Å². The van der Waals surface area contributed by atoms with E-state index < -0.39 is 0 Å². The lowest BCUT2D eigenvalue weighted by atomic mass is 9.79. The van der Waals surface area contributed by atoms with Gasteiger partial charge in [-0.05, 0) is 109 Å². The molecule has 0 saturated heterocycles. The molecule has 0 saturated carbocycles. The Morgan fingerprint density at radius 2 is 0.968 bits per heavy atom. The molecule has 2 nitrogen and oxygen atoms in total. The largest absolute Gasteiger partial charge is 0.228 e. The molecule has 11 aromatic rings. The molecule has 0 bridgehead atoms. The van der Waals surface area contributed by atoms with E-state index in [1.165, 1.54) is 64.3 Å². The molecule has 62 heavy (non-hydrogen) atoms. The van der Waals surface area contributed by atoms with Gasteiger partial charge in [0.25, 0.3) is 0 Å². The Labute approximate surface area is 365 Å². The molecule has 3 heteroatoms. The topological polar surface area (TPSA) is 25.8 Å². The van der Waals surface area contributed by atoms with E-state index in [1.54, 1.807) is 0 Å². The van der Waals surface area contributed by atoms with Crippen LogP contribution < -0.4 is 0 Å². The highest BCUT2D eigenvalue weighted by molar-refractivity contribution is 7.26. The third-order valence-corrected chi connectivity index (χ3v) is 14.1. The summed E-state index contributed by atoms with van der Waals surface area (Å²) < 4.78 is 2.59. The van der Waals surface area contributed by atoms with Crippen LogP contribution in [0.2, 0.25) is 0 Å². The van der Waals surface area contributed by atoms with Crippen LogP contribution in [0.1, 0.15) is 25.0 Å². The van der Waals surface area contributed by atoms with Gasteiger partial charge < -0.3 is 0 Å². The second kappa shape index (κ2) is 14.3. The molecule has 1 aliphatic rings. The number of hydrogen-bond donors (Lipinski definition) is 0. The van der Waals surface area contributed by atoms with Crippen LogP contribution in [-0.2, 0) is 5.41 Å². The Bertz CT molecular complexity index is 3540.